The molecule has 0 radical (unpaired) electrons. The van der Waals surface area contributed by atoms with E-state index in [9.17, 15) is 9.59 Å². The number of rotatable bonds is 8. The Kier molecular flexibility index (Phi) is 7.88. The van der Waals surface area contributed by atoms with Crippen molar-refractivity contribution >= 4 is 17.5 Å². The quantitative estimate of drug-likeness (QED) is 0.701. The summed E-state index contributed by atoms with van der Waals surface area (Å²) in [6.07, 6.45) is 2.11. The molecule has 1 saturated heterocycles. The van der Waals surface area contributed by atoms with Gasteiger partial charge >= 0.3 is 0 Å². The van der Waals surface area contributed by atoms with E-state index >= 15 is 0 Å². The van der Waals surface area contributed by atoms with Crippen LogP contribution in [0.1, 0.15) is 26.7 Å². The van der Waals surface area contributed by atoms with Crippen LogP contribution < -0.4 is 10.6 Å². The molecule has 1 heterocycles. The third kappa shape index (κ3) is 6.48. The number of benzene rings is 1. The summed E-state index contributed by atoms with van der Waals surface area (Å²) in [4.78, 5) is 28.6. The van der Waals surface area contributed by atoms with E-state index < -0.39 is 0 Å². The predicted octanol–water partition coefficient (Wildman–Crippen LogP) is 1.55. The summed E-state index contributed by atoms with van der Waals surface area (Å²) in [5.74, 6) is 0.105. The molecule has 0 bridgehead atoms. The smallest absolute Gasteiger partial charge is 0.241 e. The summed E-state index contributed by atoms with van der Waals surface area (Å²) >= 11 is 0. The zero-order chi connectivity index (χ0) is 18.1. The molecule has 0 aromatic heterocycles. The summed E-state index contributed by atoms with van der Waals surface area (Å²) in [6.45, 7) is 8.46. The van der Waals surface area contributed by atoms with E-state index in [0.717, 1.165) is 51.3 Å². The molecule has 0 unspecified atom stereocenters. The minimum absolute atomic E-state index is 0.0111. The number of amides is 2. The summed E-state index contributed by atoms with van der Waals surface area (Å²) in [5, 5.41) is 5.90. The molecule has 2 amide bonds. The number of nitrogens with zero attached hydrogens (tertiary/aromatic N) is 2. The minimum atomic E-state index is -0.180. The maximum Gasteiger partial charge on any atom is 0.241 e. The lowest BCUT2D eigenvalue weighted by Gasteiger charge is -2.37. The van der Waals surface area contributed by atoms with Crippen molar-refractivity contribution < 1.29 is 9.59 Å². The van der Waals surface area contributed by atoms with Gasteiger partial charge in [0, 0.05) is 38.4 Å². The lowest BCUT2D eigenvalue weighted by Crippen LogP contribution is -2.54. The number of carbonyl (C=O) groups excluding carboxylic acids is 2. The maximum atomic E-state index is 12.4. The molecule has 2 rings (SSSR count). The number of unbranched alkanes of at least 4 members (excludes halogenated alkanes) is 1. The molecule has 6 heteroatoms. The van der Waals surface area contributed by atoms with E-state index in [-0.39, 0.29) is 17.9 Å². The molecule has 25 heavy (non-hydrogen) atoms. The fraction of sp³-hybridized carbons (Fsp3) is 0.579. The standard InChI is InChI=1S/C19H30N4O2/c1-3-4-10-20-18(24)15-22-11-13-23(14-12-22)16(2)19(25)21-17-8-6-5-7-9-17/h5-9,16H,3-4,10-15H2,1-2H3,(H,20,24)(H,21,25)/t16-/m1/s1. The highest BCUT2D eigenvalue weighted by Crippen LogP contribution is 2.10. The fourth-order valence-electron chi connectivity index (χ4n) is 2.91. The van der Waals surface area contributed by atoms with Crippen molar-refractivity contribution in [3.63, 3.8) is 0 Å². The van der Waals surface area contributed by atoms with E-state index in [4.69, 9.17) is 0 Å². The lowest BCUT2D eigenvalue weighted by atomic mass is 10.2. The minimum Gasteiger partial charge on any atom is -0.355 e. The van der Waals surface area contributed by atoms with Gasteiger partial charge in [0.25, 0.3) is 0 Å². The van der Waals surface area contributed by atoms with Gasteiger partial charge in [0.05, 0.1) is 12.6 Å². The van der Waals surface area contributed by atoms with Crippen LogP contribution in [-0.4, -0.2) is 66.9 Å². The van der Waals surface area contributed by atoms with Gasteiger partial charge in [-0.15, -0.1) is 0 Å². The van der Waals surface area contributed by atoms with Crippen molar-refractivity contribution in [2.24, 2.45) is 0 Å². The van der Waals surface area contributed by atoms with E-state index in [0.29, 0.717) is 6.54 Å². The van der Waals surface area contributed by atoms with Gasteiger partial charge in [0.15, 0.2) is 0 Å². The Morgan fingerprint density at radius 2 is 1.80 bits per heavy atom. The fourth-order valence-corrected chi connectivity index (χ4v) is 2.91. The van der Waals surface area contributed by atoms with Gasteiger partial charge in [0.1, 0.15) is 0 Å². The molecular weight excluding hydrogens is 316 g/mol. The van der Waals surface area contributed by atoms with Crippen molar-refractivity contribution in [2.45, 2.75) is 32.7 Å². The maximum absolute atomic E-state index is 12.4. The molecule has 1 fully saturated rings. The summed E-state index contributed by atoms with van der Waals surface area (Å²) in [7, 11) is 0. The largest absolute Gasteiger partial charge is 0.355 e. The highest BCUT2D eigenvalue weighted by Gasteiger charge is 2.26. The number of nitrogens with one attached hydrogen (secondary N) is 2. The first-order valence-electron chi connectivity index (χ1n) is 9.19. The Balaban J connectivity index is 1.71. The van der Waals surface area contributed by atoms with Crippen LogP contribution in [0, 0.1) is 0 Å². The van der Waals surface area contributed by atoms with Gasteiger partial charge in [0.2, 0.25) is 11.8 Å². The van der Waals surface area contributed by atoms with Gasteiger partial charge in [-0.2, -0.15) is 0 Å². The second kappa shape index (κ2) is 10.2. The first-order valence-corrected chi connectivity index (χ1v) is 9.19. The Morgan fingerprint density at radius 3 is 2.44 bits per heavy atom. The van der Waals surface area contributed by atoms with Crippen molar-refractivity contribution in [3.8, 4) is 0 Å². The molecule has 1 aliphatic rings. The first-order chi connectivity index (χ1) is 12.1. The molecule has 0 saturated carbocycles. The number of carbonyl (C=O) groups is 2. The molecule has 1 atom stereocenters. The van der Waals surface area contributed by atoms with Gasteiger partial charge < -0.3 is 10.6 Å². The van der Waals surface area contributed by atoms with Crippen LogP contribution >= 0.6 is 0 Å². The molecule has 2 N–H and O–H groups in total. The van der Waals surface area contributed by atoms with Crippen molar-refractivity contribution in [1.29, 1.82) is 0 Å². The molecule has 1 aromatic carbocycles. The Labute approximate surface area is 150 Å². The number of piperazine rings is 1. The van der Waals surface area contributed by atoms with Crippen LogP contribution in [-0.2, 0) is 9.59 Å². The molecule has 6 nitrogen and oxygen atoms in total. The summed E-state index contributed by atoms with van der Waals surface area (Å²) in [6, 6.07) is 9.34. The molecule has 0 spiro atoms. The molecule has 1 aromatic rings. The second-order valence-electron chi connectivity index (χ2n) is 6.55. The van der Waals surface area contributed by atoms with Crippen molar-refractivity contribution in [3.05, 3.63) is 30.3 Å². The Bertz CT molecular complexity index is 542. The molecule has 1 aliphatic heterocycles. The van der Waals surface area contributed by atoms with Crippen LogP contribution in [0.5, 0.6) is 0 Å². The van der Waals surface area contributed by atoms with E-state index in [1.54, 1.807) is 0 Å². The van der Waals surface area contributed by atoms with E-state index in [2.05, 4.69) is 27.4 Å². The topological polar surface area (TPSA) is 64.7 Å². The highest BCUT2D eigenvalue weighted by molar-refractivity contribution is 5.94. The number of para-hydroxylation sites is 1. The van der Waals surface area contributed by atoms with E-state index in [1.807, 2.05) is 37.3 Å². The zero-order valence-electron chi connectivity index (χ0n) is 15.3. The van der Waals surface area contributed by atoms with Gasteiger partial charge in [-0.3, -0.25) is 19.4 Å². The Morgan fingerprint density at radius 1 is 1.12 bits per heavy atom. The number of anilines is 1. The third-order valence-electron chi connectivity index (χ3n) is 4.60. The van der Waals surface area contributed by atoms with Crippen molar-refractivity contribution in [1.82, 2.24) is 15.1 Å². The zero-order valence-corrected chi connectivity index (χ0v) is 15.3. The van der Waals surface area contributed by atoms with Gasteiger partial charge in [-0.1, -0.05) is 31.5 Å². The average Bonchev–Trinajstić information content (AvgIpc) is 2.63. The summed E-state index contributed by atoms with van der Waals surface area (Å²) < 4.78 is 0. The summed E-state index contributed by atoms with van der Waals surface area (Å²) in [5.41, 5.74) is 0.821. The normalized spacial score (nSPS) is 17.0. The second-order valence-corrected chi connectivity index (χ2v) is 6.55. The van der Waals surface area contributed by atoms with Crippen LogP contribution in [0.2, 0.25) is 0 Å². The Hall–Kier alpha value is -1.92. The molecular formula is C19H30N4O2. The monoisotopic (exact) mass is 346 g/mol. The lowest BCUT2D eigenvalue weighted by molar-refractivity contribution is -0.124. The van der Waals surface area contributed by atoms with Crippen LogP contribution in [0.15, 0.2) is 30.3 Å². The molecule has 0 aliphatic carbocycles. The van der Waals surface area contributed by atoms with Gasteiger partial charge in [-0.05, 0) is 25.5 Å². The number of hydrogen-bond donors (Lipinski definition) is 2. The van der Waals surface area contributed by atoms with Crippen LogP contribution in [0.4, 0.5) is 5.69 Å². The number of hydrogen-bond acceptors (Lipinski definition) is 4. The highest BCUT2D eigenvalue weighted by atomic mass is 16.2. The average molecular weight is 346 g/mol. The van der Waals surface area contributed by atoms with Crippen LogP contribution in [0.3, 0.4) is 0 Å². The SMILES string of the molecule is CCCCNC(=O)CN1CCN([C@H](C)C(=O)Nc2ccccc2)CC1. The van der Waals surface area contributed by atoms with Crippen LogP contribution in [0.25, 0.3) is 0 Å². The predicted molar refractivity (Wildman–Crippen MR) is 100 cm³/mol. The van der Waals surface area contributed by atoms with E-state index in [1.165, 1.54) is 0 Å². The van der Waals surface area contributed by atoms with Gasteiger partial charge in [-0.25, -0.2) is 0 Å². The first kappa shape index (κ1) is 19.4. The van der Waals surface area contributed by atoms with Crippen molar-refractivity contribution in [2.75, 3.05) is 44.6 Å². The molecule has 138 valence electrons. The third-order valence-corrected chi connectivity index (χ3v) is 4.60.